The number of pyridine rings is 1. The average molecular weight is 437 g/mol. The van der Waals surface area contributed by atoms with Crippen molar-refractivity contribution in [3.63, 3.8) is 0 Å². The molecule has 1 spiro atoms. The summed E-state index contributed by atoms with van der Waals surface area (Å²) in [6, 6.07) is 17.3. The number of nitrogens with zero attached hydrogens (tertiary/aromatic N) is 2. The van der Waals surface area contributed by atoms with Crippen LogP contribution in [0.1, 0.15) is 35.1 Å². The number of hydrogen-bond donors (Lipinski definition) is 0. The first kappa shape index (κ1) is 21.2. The summed E-state index contributed by atoms with van der Waals surface area (Å²) in [6.45, 7) is 3.17. The zero-order valence-corrected chi connectivity index (χ0v) is 18.0. The first-order valence-corrected chi connectivity index (χ1v) is 11.3. The highest BCUT2D eigenvalue weighted by atomic mass is 19.4. The van der Waals surface area contributed by atoms with Gasteiger partial charge < -0.3 is 0 Å². The molecule has 1 fully saturated rings. The number of fused-ring (bicyclic) bond motifs is 1. The number of halogens is 3. The van der Waals surface area contributed by atoms with E-state index in [1.54, 1.807) is 24.3 Å². The van der Waals surface area contributed by atoms with E-state index in [0.29, 0.717) is 11.0 Å². The molecule has 0 atom stereocenters. The fourth-order valence-corrected chi connectivity index (χ4v) is 5.30. The second kappa shape index (κ2) is 8.36. The molecule has 5 rings (SSSR count). The Morgan fingerprint density at radius 3 is 1.97 bits per heavy atom. The Hall–Kier alpha value is -2.66. The third kappa shape index (κ3) is 4.73. The SMILES string of the molecule is FC(F)(F)Cc1ccc(-c2ccc(CN3CCC4(CC3)Cc3ccncc3C4)cc2)cc1. The van der Waals surface area contributed by atoms with Gasteiger partial charge in [-0.1, -0.05) is 48.5 Å². The van der Waals surface area contributed by atoms with Gasteiger partial charge in [0.2, 0.25) is 0 Å². The standard InChI is InChI=1S/C27H27F3N2/c28-27(29,30)15-20-1-5-22(6-2-20)23-7-3-21(4-8-23)19-32-13-10-26(11-14-32)16-24-9-12-31-18-25(24)17-26/h1-9,12,18H,10-11,13-17,19H2. The van der Waals surface area contributed by atoms with Gasteiger partial charge in [-0.05, 0) is 83.6 Å². The van der Waals surface area contributed by atoms with Crippen molar-refractivity contribution in [3.05, 3.63) is 89.2 Å². The maximum Gasteiger partial charge on any atom is 0.393 e. The monoisotopic (exact) mass is 436 g/mol. The molecule has 1 aromatic heterocycles. The van der Waals surface area contributed by atoms with Gasteiger partial charge in [-0.3, -0.25) is 9.88 Å². The van der Waals surface area contributed by atoms with Gasteiger partial charge in [0.15, 0.2) is 0 Å². The number of aromatic nitrogens is 1. The van der Waals surface area contributed by atoms with E-state index in [9.17, 15) is 13.2 Å². The predicted octanol–water partition coefficient (Wildman–Crippen LogP) is 6.23. The molecular weight excluding hydrogens is 409 g/mol. The lowest BCUT2D eigenvalue weighted by Crippen LogP contribution is -2.40. The van der Waals surface area contributed by atoms with Crippen LogP contribution in [0.25, 0.3) is 11.1 Å². The molecule has 2 aromatic carbocycles. The Labute approximate surface area is 187 Å². The molecule has 0 bridgehead atoms. The Morgan fingerprint density at radius 2 is 1.38 bits per heavy atom. The third-order valence-corrected chi connectivity index (χ3v) is 7.10. The van der Waals surface area contributed by atoms with Crippen LogP contribution in [0.15, 0.2) is 67.0 Å². The Kier molecular flexibility index (Phi) is 5.54. The summed E-state index contributed by atoms with van der Waals surface area (Å²) in [5, 5.41) is 0. The minimum atomic E-state index is -4.17. The van der Waals surface area contributed by atoms with Gasteiger partial charge in [-0.15, -0.1) is 0 Å². The summed E-state index contributed by atoms with van der Waals surface area (Å²) in [4.78, 5) is 6.83. The quantitative estimate of drug-likeness (QED) is 0.482. The maximum atomic E-state index is 12.5. The van der Waals surface area contributed by atoms with E-state index < -0.39 is 12.6 Å². The lowest BCUT2D eigenvalue weighted by Gasteiger charge is -2.39. The highest BCUT2D eigenvalue weighted by molar-refractivity contribution is 5.64. The molecule has 1 aliphatic heterocycles. The number of alkyl halides is 3. The van der Waals surface area contributed by atoms with Crippen molar-refractivity contribution in [1.82, 2.24) is 9.88 Å². The lowest BCUT2D eigenvalue weighted by atomic mass is 9.76. The maximum absolute atomic E-state index is 12.5. The summed E-state index contributed by atoms with van der Waals surface area (Å²) in [6.07, 6.45) is 3.71. The van der Waals surface area contributed by atoms with E-state index >= 15 is 0 Å². The number of hydrogen-bond acceptors (Lipinski definition) is 2. The van der Waals surface area contributed by atoms with E-state index in [1.807, 2.05) is 12.4 Å². The second-order valence-corrected chi connectivity index (χ2v) is 9.46. The Morgan fingerprint density at radius 1 is 0.781 bits per heavy atom. The fourth-order valence-electron chi connectivity index (χ4n) is 5.30. The molecule has 2 nitrogen and oxygen atoms in total. The van der Waals surface area contributed by atoms with Gasteiger partial charge in [-0.2, -0.15) is 13.2 Å². The minimum absolute atomic E-state index is 0.294. The summed E-state index contributed by atoms with van der Waals surface area (Å²) >= 11 is 0. The van der Waals surface area contributed by atoms with Crippen LogP contribution in [0, 0.1) is 5.41 Å². The fraction of sp³-hybridized carbons (Fsp3) is 0.370. The van der Waals surface area contributed by atoms with Crippen molar-refractivity contribution in [1.29, 1.82) is 0 Å². The van der Waals surface area contributed by atoms with Crippen molar-refractivity contribution in [3.8, 4) is 11.1 Å². The molecule has 0 N–H and O–H groups in total. The van der Waals surface area contributed by atoms with Crippen LogP contribution in [0.2, 0.25) is 0 Å². The van der Waals surface area contributed by atoms with Crippen molar-refractivity contribution in [2.45, 2.75) is 44.8 Å². The van der Waals surface area contributed by atoms with Crippen LogP contribution in [-0.4, -0.2) is 29.1 Å². The van der Waals surface area contributed by atoms with E-state index in [-0.39, 0.29) is 0 Å². The van der Waals surface area contributed by atoms with Gasteiger partial charge in [0.1, 0.15) is 0 Å². The second-order valence-electron chi connectivity index (χ2n) is 9.46. The third-order valence-electron chi connectivity index (χ3n) is 7.10. The van der Waals surface area contributed by atoms with Gasteiger partial charge in [-0.25, -0.2) is 0 Å². The molecule has 2 heterocycles. The zero-order valence-electron chi connectivity index (χ0n) is 18.0. The van der Waals surface area contributed by atoms with Crippen LogP contribution in [0.4, 0.5) is 13.2 Å². The molecule has 166 valence electrons. The molecule has 1 saturated heterocycles. The van der Waals surface area contributed by atoms with Crippen LogP contribution in [0.3, 0.4) is 0 Å². The summed E-state index contributed by atoms with van der Waals surface area (Å²) < 4.78 is 37.6. The van der Waals surface area contributed by atoms with Crippen LogP contribution in [-0.2, 0) is 25.8 Å². The number of rotatable bonds is 4. The smallest absolute Gasteiger partial charge is 0.299 e. The highest BCUT2D eigenvalue weighted by Gasteiger charge is 2.39. The lowest BCUT2D eigenvalue weighted by molar-refractivity contribution is -0.127. The molecule has 0 unspecified atom stereocenters. The summed E-state index contributed by atoms with van der Waals surface area (Å²) in [5.74, 6) is 0. The first-order chi connectivity index (χ1) is 15.4. The van der Waals surface area contributed by atoms with Gasteiger partial charge in [0.05, 0.1) is 6.42 Å². The molecule has 1 aliphatic carbocycles. The van der Waals surface area contributed by atoms with Gasteiger partial charge in [0.25, 0.3) is 0 Å². The van der Waals surface area contributed by atoms with Crippen molar-refractivity contribution < 1.29 is 13.2 Å². The van der Waals surface area contributed by atoms with E-state index in [1.165, 1.54) is 42.4 Å². The minimum Gasteiger partial charge on any atom is -0.299 e. The van der Waals surface area contributed by atoms with Crippen molar-refractivity contribution in [2.75, 3.05) is 13.1 Å². The molecule has 0 amide bonds. The normalized spacial score (nSPS) is 18.1. The molecule has 2 aliphatic rings. The topological polar surface area (TPSA) is 16.1 Å². The number of benzene rings is 2. The number of likely N-dealkylation sites (tertiary alicyclic amines) is 1. The van der Waals surface area contributed by atoms with Crippen molar-refractivity contribution in [2.24, 2.45) is 5.41 Å². The summed E-state index contributed by atoms with van der Waals surface area (Å²) in [7, 11) is 0. The van der Waals surface area contributed by atoms with Crippen LogP contribution in [0.5, 0.6) is 0 Å². The molecule has 0 saturated carbocycles. The molecule has 32 heavy (non-hydrogen) atoms. The predicted molar refractivity (Wildman–Crippen MR) is 120 cm³/mol. The van der Waals surface area contributed by atoms with Crippen LogP contribution < -0.4 is 0 Å². The number of piperidine rings is 1. The van der Waals surface area contributed by atoms with Gasteiger partial charge in [0, 0.05) is 18.9 Å². The average Bonchev–Trinajstić information content (AvgIpc) is 3.13. The van der Waals surface area contributed by atoms with Gasteiger partial charge >= 0.3 is 6.18 Å². The summed E-state index contributed by atoms with van der Waals surface area (Å²) in [5.41, 5.74) is 6.88. The molecule has 3 aromatic rings. The van der Waals surface area contributed by atoms with Crippen LogP contribution >= 0.6 is 0 Å². The van der Waals surface area contributed by atoms with E-state index in [0.717, 1.165) is 30.8 Å². The molecular formula is C27H27F3N2. The van der Waals surface area contributed by atoms with E-state index in [4.69, 9.17) is 0 Å². The zero-order chi connectivity index (χ0) is 22.2. The Bertz CT molecular complexity index is 1040. The largest absolute Gasteiger partial charge is 0.393 e. The molecule has 0 radical (unpaired) electrons. The van der Waals surface area contributed by atoms with E-state index in [2.05, 4.69) is 40.2 Å². The molecule has 5 heteroatoms. The highest BCUT2D eigenvalue weighted by Crippen LogP contribution is 2.44. The first-order valence-electron chi connectivity index (χ1n) is 11.3. The van der Waals surface area contributed by atoms with Crippen molar-refractivity contribution >= 4 is 0 Å². The Balaban J connectivity index is 1.17.